The third kappa shape index (κ3) is 3.13. The SMILES string of the molecule is COC[C@@H](NC(=O)c1c[nH]c(=S)n1-c1ccccc1)C1CC1. The third-order valence-corrected chi connectivity index (χ3v) is 4.18. The summed E-state index contributed by atoms with van der Waals surface area (Å²) in [6, 6.07) is 9.68. The van der Waals surface area contributed by atoms with Gasteiger partial charge in [-0.3, -0.25) is 9.36 Å². The molecule has 0 spiro atoms. The van der Waals surface area contributed by atoms with Crippen LogP contribution >= 0.6 is 12.2 Å². The minimum Gasteiger partial charge on any atom is -0.383 e. The van der Waals surface area contributed by atoms with Crippen molar-refractivity contribution in [3.8, 4) is 5.69 Å². The van der Waals surface area contributed by atoms with Gasteiger partial charge < -0.3 is 15.0 Å². The first-order valence-electron chi connectivity index (χ1n) is 7.36. The number of carbonyl (C=O) groups excluding carboxylic acids is 1. The monoisotopic (exact) mass is 317 g/mol. The summed E-state index contributed by atoms with van der Waals surface area (Å²) in [7, 11) is 1.66. The Balaban J connectivity index is 1.86. The molecule has 2 N–H and O–H groups in total. The van der Waals surface area contributed by atoms with Crippen LogP contribution in [0.4, 0.5) is 0 Å². The Morgan fingerprint density at radius 1 is 1.45 bits per heavy atom. The Bertz CT molecular complexity index is 704. The number of nitrogens with zero attached hydrogens (tertiary/aromatic N) is 1. The van der Waals surface area contributed by atoms with Gasteiger partial charge in [-0.05, 0) is 43.1 Å². The number of imidazole rings is 1. The number of nitrogens with one attached hydrogen (secondary N) is 2. The highest BCUT2D eigenvalue weighted by Gasteiger charge is 2.33. The molecule has 1 saturated carbocycles. The van der Waals surface area contributed by atoms with Crippen LogP contribution in [0.2, 0.25) is 0 Å². The number of aromatic nitrogens is 2. The van der Waals surface area contributed by atoms with Gasteiger partial charge in [0.25, 0.3) is 5.91 Å². The summed E-state index contributed by atoms with van der Waals surface area (Å²) in [5, 5.41) is 3.07. The molecular weight excluding hydrogens is 298 g/mol. The van der Waals surface area contributed by atoms with Crippen LogP contribution in [-0.4, -0.2) is 35.2 Å². The molecule has 3 rings (SSSR count). The summed E-state index contributed by atoms with van der Waals surface area (Å²) in [6.45, 7) is 0.535. The Morgan fingerprint density at radius 3 is 2.82 bits per heavy atom. The van der Waals surface area contributed by atoms with E-state index in [1.54, 1.807) is 17.9 Å². The van der Waals surface area contributed by atoms with Gasteiger partial charge in [-0.1, -0.05) is 18.2 Å². The van der Waals surface area contributed by atoms with Crippen LogP contribution in [0.5, 0.6) is 0 Å². The van der Waals surface area contributed by atoms with E-state index in [0.717, 1.165) is 18.5 Å². The molecule has 2 aromatic rings. The van der Waals surface area contributed by atoms with E-state index >= 15 is 0 Å². The minimum absolute atomic E-state index is 0.0604. The number of rotatable bonds is 6. The molecule has 1 aromatic heterocycles. The van der Waals surface area contributed by atoms with Gasteiger partial charge in [0.1, 0.15) is 5.69 Å². The van der Waals surface area contributed by atoms with Crippen LogP contribution in [0.15, 0.2) is 36.5 Å². The molecule has 22 heavy (non-hydrogen) atoms. The van der Waals surface area contributed by atoms with E-state index in [4.69, 9.17) is 17.0 Å². The predicted octanol–water partition coefficient (Wildman–Crippen LogP) is 2.69. The largest absolute Gasteiger partial charge is 0.383 e. The molecule has 1 fully saturated rings. The minimum atomic E-state index is -0.134. The third-order valence-electron chi connectivity index (χ3n) is 3.88. The first-order valence-corrected chi connectivity index (χ1v) is 7.77. The molecular formula is C16H19N3O2S. The first kappa shape index (κ1) is 15.0. The molecule has 1 aliphatic rings. The van der Waals surface area contributed by atoms with Gasteiger partial charge in [-0.2, -0.15) is 0 Å². The smallest absolute Gasteiger partial charge is 0.270 e. The molecule has 0 aliphatic heterocycles. The Morgan fingerprint density at radius 2 is 2.18 bits per heavy atom. The van der Waals surface area contributed by atoms with Gasteiger partial charge in [-0.15, -0.1) is 0 Å². The van der Waals surface area contributed by atoms with Gasteiger partial charge >= 0.3 is 0 Å². The van der Waals surface area contributed by atoms with E-state index in [-0.39, 0.29) is 11.9 Å². The number of hydrogen-bond acceptors (Lipinski definition) is 3. The lowest BCUT2D eigenvalue weighted by atomic mass is 10.2. The van der Waals surface area contributed by atoms with Crippen LogP contribution in [0, 0.1) is 10.7 Å². The van der Waals surface area contributed by atoms with E-state index < -0.39 is 0 Å². The average Bonchev–Trinajstić information content (AvgIpc) is 3.30. The van der Waals surface area contributed by atoms with Crippen molar-refractivity contribution in [2.75, 3.05) is 13.7 Å². The maximum atomic E-state index is 12.6. The van der Waals surface area contributed by atoms with Crippen molar-refractivity contribution in [3.63, 3.8) is 0 Å². The zero-order chi connectivity index (χ0) is 15.5. The van der Waals surface area contributed by atoms with Crippen LogP contribution in [0.1, 0.15) is 23.3 Å². The molecule has 1 aromatic carbocycles. The molecule has 1 aliphatic carbocycles. The van der Waals surface area contributed by atoms with Crippen molar-refractivity contribution in [2.45, 2.75) is 18.9 Å². The van der Waals surface area contributed by atoms with Crippen molar-refractivity contribution in [3.05, 3.63) is 47.0 Å². The molecule has 0 radical (unpaired) electrons. The zero-order valence-electron chi connectivity index (χ0n) is 12.4. The van der Waals surface area contributed by atoms with Crippen molar-refractivity contribution >= 4 is 18.1 Å². The van der Waals surface area contributed by atoms with E-state index in [1.807, 2.05) is 30.3 Å². The normalized spacial score (nSPS) is 15.5. The van der Waals surface area contributed by atoms with Crippen LogP contribution in [-0.2, 0) is 4.74 Å². The van der Waals surface area contributed by atoms with Gasteiger partial charge in [0.15, 0.2) is 4.77 Å². The summed E-state index contributed by atoms with van der Waals surface area (Å²) >= 11 is 5.31. The van der Waals surface area contributed by atoms with E-state index in [2.05, 4.69) is 10.3 Å². The molecule has 0 unspecified atom stereocenters. The summed E-state index contributed by atoms with van der Waals surface area (Å²) in [5.74, 6) is 0.390. The van der Waals surface area contributed by atoms with Crippen molar-refractivity contribution in [1.82, 2.24) is 14.9 Å². The molecule has 5 nitrogen and oxygen atoms in total. The fraction of sp³-hybridized carbons (Fsp3) is 0.375. The Hall–Kier alpha value is -1.92. The standard InChI is InChI=1S/C16H19N3O2S/c1-21-10-13(11-7-8-11)18-15(20)14-9-17-16(22)19(14)12-5-3-2-4-6-12/h2-6,9,11,13H,7-8,10H2,1H3,(H,17,22)(H,18,20)/t13-/m1/s1. The van der Waals surface area contributed by atoms with Crippen LogP contribution in [0.3, 0.4) is 0 Å². The number of amides is 1. The predicted molar refractivity (Wildman–Crippen MR) is 86.8 cm³/mol. The van der Waals surface area contributed by atoms with E-state index in [9.17, 15) is 4.79 Å². The lowest BCUT2D eigenvalue weighted by Crippen LogP contribution is -2.40. The summed E-state index contributed by atoms with van der Waals surface area (Å²) in [4.78, 5) is 15.6. The lowest BCUT2D eigenvalue weighted by Gasteiger charge is -2.17. The molecule has 1 heterocycles. The molecule has 1 amide bonds. The molecule has 0 bridgehead atoms. The van der Waals surface area contributed by atoms with Crippen LogP contribution in [0.25, 0.3) is 5.69 Å². The quantitative estimate of drug-likeness (QED) is 0.805. The highest BCUT2D eigenvalue weighted by molar-refractivity contribution is 7.71. The molecule has 1 atom stereocenters. The van der Waals surface area contributed by atoms with Gasteiger partial charge in [-0.25, -0.2) is 0 Å². The van der Waals surface area contributed by atoms with Crippen molar-refractivity contribution < 1.29 is 9.53 Å². The number of para-hydroxylation sites is 1. The second-order valence-corrected chi connectivity index (χ2v) is 5.91. The van der Waals surface area contributed by atoms with E-state index in [0.29, 0.717) is 23.0 Å². The second-order valence-electron chi connectivity index (χ2n) is 5.52. The fourth-order valence-electron chi connectivity index (χ4n) is 2.59. The average molecular weight is 317 g/mol. The number of benzene rings is 1. The summed E-state index contributed by atoms with van der Waals surface area (Å²) in [5.41, 5.74) is 1.38. The highest BCUT2D eigenvalue weighted by atomic mass is 32.1. The fourth-order valence-corrected chi connectivity index (χ4v) is 2.85. The van der Waals surface area contributed by atoms with Crippen molar-refractivity contribution in [1.29, 1.82) is 0 Å². The number of H-pyrrole nitrogens is 1. The Kier molecular flexibility index (Phi) is 4.40. The maximum Gasteiger partial charge on any atom is 0.270 e. The van der Waals surface area contributed by atoms with Gasteiger partial charge in [0.2, 0.25) is 0 Å². The number of carbonyl (C=O) groups is 1. The van der Waals surface area contributed by atoms with Gasteiger partial charge in [0.05, 0.1) is 12.6 Å². The molecule has 116 valence electrons. The van der Waals surface area contributed by atoms with Crippen LogP contribution < -0.4 is 5.32 Å². The zero-order valence-corrected chi connectivity index (χ0v) is 13.2. The maximum absolute atomic E-state index is 12.6. The van der Waals surface area contributed by atoms with E-state index in [1.165, 1.54) is 0 Å². The second kappa shape index (κ2) is 6.46. The number of ether oxygens (including phenoxy) is 1. The number of aromatic amines is 1. The summed E-state index contributed by atoms with van der Waals surface area (Å²) < 4.78 is 7.47. The summed E-state index contributed by atoms with van der Waals surface area (Å²) in [6.07, 6.45) is 3.94. The molecule has 0 saturated heterocycles. The number of hydrogen-bond donors (Lipinski definition) is 2. The lowest BCUT2D eigenvalue weighted by molar-refractivity contribution is 0.0877. The Labute approximate surface area is 134 Å². The number of methoxy groups -OCH3 is 1. The molecule has 6 heteroatoms. The van der Waals surface area contributed by atoms with Gasteiger partial charge in [0, 0.05) is 19.0 Å². The van der Waals surface area contributed by atoms with Crippen molar-refractivity contribution in [2.24, 2.45) is 5.92 Å². The highest BCUT2D eigenvalue weighted by Crippen LogP contribution is 2.32. The first-order chi connectivity index (χ1) is 10.7. The topological polar surface area (TPSA) is 59.0 Å².